The topological polar surface area (TPSA) is 47.6 Å². The highest BCUT2D eigenvalue weighted by atomic mass is 32.2. The van der Waals surface area contributed by atoms with E-state index in [0.29, 0.717) is 12.8 Å². The number of nitriles is 2. The van der Waals surface area contributed by atoms with E-state index in [9.17, 15) is 0 Å². The first-order valence-corrected chi connectivity index (χ1v) is 6.12. The van der Waals surface area contributed by atoms with E-state index in [2.05, 4.69) is 12.1 Å². The fourth-order valence-electron chi connectivity index (χ4n) is 0.558. The Hall–Kier alpha value is -0.320. The van der Waals surface area contributed by atoms with Crippen LogP contribution in [0.4, 0.5) is 0 Å². The van der Waals surface area contributed by atoms with Crippen molar-refractivity contribution in [2.45, 2.75) is 12.8 Å². The van der Waals surface area contributed by atoms with Gasteiger partial charge in [-0.25, -0.2) is 0 Å². The average Bonchev–Trinajstić information content (AvgIpc) is 2.10. The summed E-state index contributed by atoms with van der Waals surface area (Å²) in [5.41, 5.74) is 0. The molecule has 0 aliphatic heterocycles. The molecule has 0 radical (unpaired) electrons. The molecule has 0 atom stereocenters. The van der Waals surface area contributed by atoms with E-state index in [1.54, 1.807) is 0 Å². The highest BCUT2D eigenvalue weighted by Crippen LogP contribution is 2.08. The van der Waals surface area contributed by atoms with Crippen molar-refractivity contribution in [3.8, 4) is 12.1 Å². The Balaban J connectivity index is 2.84. The maximum Gasteiger partial charge on any atom is 0.0630 e. The van der Waals surface area contributed by atoms with E-state index >= 15 is 0 Å². The van der Waals surface area contributed by atoms with Gasteiger partial charge >= 0.3 is 0 Å². The van der Waals surface area contributed by atoms with Gasteiger partial charge in [-0.1, -0.05) is 0 Å². The Bertz CT molecular complexity index is 149. The van der Waals surface area contributed by atoms with Crippen molar-refractivity contribution in [1.82, 2.24) is 0 Å². The molecule has 0 N–H and O–H groups in total. The van der Waals surface area contributed by atoms with Crippen LogP contribution >= 0.6 is 23.5 Å². The summed E-state index contributed by atoms with van der Waals surface area (Å²) in [4.78, 5) is 0. The van der Waals surface area contributed by atoms with Crippen molar-refractivity contribution in [2.75, 3.05) is 23.0 Å². The van der Waals surface area contributed by atoms with E-state index in [4.69, 9.17) is 10.5 Å². The number of hydrogen-bond donors (Lipinski definition) is 0. The number of hydrogen-bond acceptors (Lipinski definition) is 4. The standard InChI is InChI=1S/C8H12N2S2/c9-3-1-5-11-7-8-12-6-2-4-10/h1-2,5-8H2. The summed E-state index contributed by atoms with van der Waals surface area (Å²) in [5, 5.41) is 16.5. The molecule has 66 valence electrons. The summed E-state index contributed by atoms with van der Waals surface area (Å²) in [6, 6.07) is 4.22. The Morgan fingerprint density at radius 3 is 1.50 bits per heavy atom. The van der Waals surface area contributed by atoms with Crippen LogP contribution in [0, 0.1) is 22.7 Å². The van der Waals surface area contributed by atoms with Crippen molar-refractivity contribution in [3.63, 3.8) is 0 Å². The van der Waals surface area contributed by atoms with Gasteiger partial charge in [0.25, 0.3) is 0 Å². The second-order valence-electron chi connectivity index (χ2n) is 2.04. The predicted octanol–water partition coefficient (Wildman–Crippen LogP) is 2.28. The molecule has 0 saturated heterocycles. The van der Waals surface area contributed by atoms with Crippen LogP contribution in [0.25, 0.3) is 0 Å². The fourth-order valence-corrected chi connectivity index (χ4v) is 2.38. The Morgan fingerprint density at radius 1 is 0.750 bits per heavy atom. The molecular weight excluding hydrogens is 188 g/mol. The number of thioether (sulfide) groups is 2. The molecule has 0 unspecified atom stereocenters. The summed E-state index contributed by atoms with van der Waals surface area (Å²) < 4.78 is 0. The minimum atomic E-state index is 0.646. The lowest BCUT2D eigenvalue weighted by Gasteiger charge is -1.97. The fraction of sp³-hybridized carbons (Fsp3) is 0.750. The molecule has 0 aromatic carbocycles. The van der Waals surface area contributed by atoms with E-state index < -0.39 is 0 Å². The van der Waals surface area contributed by atoms with Gasteiger partial charge in [-0.15, -0.1) is 0 Å². The zero-order valence-electron chi connectivity index (χ0n) is 6.95. The van der Waals surface area contributed by atoms with Crippen molar-refractivity contribution >= 4 is 23.5 Å². The van der Waals surface area contributed by atoms with Gasteiger partial charge in [0.2, 0.25) is 0 Å². The summed E-state index contributed by atoms with van der Waals surface area (Å²) >= 11 is 3.62. The summed E-state index contributed by atoms with van der Waals surface area (Å²) in [6.07, 6.45) is 1.29. The first kappa shape index (κ1) is 11.7. The highest BCUT2D eigenvalue weighted by molar-refractivity contribution is 8.02. The Kier molecular flexibility index (Phi) is 10.4. The van der Waals surface area contributed by atoms with Crippen LogP contribution in [0.3, 0.4) is 0 Å². The van der Waals surface area contributed by atoms with Gasteiger partial charge in [0, 0.05) is 35.9 Å². The molecule has 0 aliphatic carbocycles. The van der Waals surface area contributed by atoms with Gasteiger partial charge in [0.15, 0.2) is 0 Å². The van der Waals surface area contributed by atoms with Crippen LogP contribution in [0.1, 0.15) is 12.8 Å². The molecular formula is C8H12N2S2. The lowest BCUT2D eigenvalue weighted by Crippen LogP contribution is -1.87. The maximum absolute atomic E-state index is 8.23. The molecule has 0 amide bonds. The van der Waals surface area contributed by atoms with Crippen molar-refractivity contribution in [1.29, 1.82) is 10.5 Å². The Morgan fingerprint density at radius 2 is 1.17 bits per heavy atom. The second-order valence-corrected chi connectivity index (χ2v) is 4.49. The van der Waals surface area contributed by atoms with E-state index in [0.717, 1.165) is 23.0 Å². The van der Waals surface area contributed by atoms with Crippen LogP contribution in [0.15, 0.2) is 0 Å². The van der Waals surface area contributed by atoms with Gasteiger partial charge in [0.05, 0.1) is 12.1 Å². The monoisotopic (exact) mass is 200 g/mol. The molecule has 0 bridgehead atoms. The number of nitrogens with zero attached hydrogens (tertiary/aromatic N) is 2. The molecule has 0 spiro atoms. The molecule has 0 heterocycles. The van der Waals surface area contributed by atoms with Gasteiger partial charge in [-0.3, -0.25) is 0 Å². The highest BCUT2D eigenvalue weighted by Gasteiger charge is 1.90. The average molecular weight is 200 g/mol. The maximum atomic E-state index is 8.23. The van der Waals surface area contributed by atoms with Crippen LogP contribution in [0.2, 0.25) is 0 Å². The minimum Gasteiger partial charge on any atom is -0.198 e. The van der Waals surface area contributed by atoms with Gasteiger partial charge in [0.1, 0.15) is 0 Å². The first-order chi connectivity index (χ1) is 5.91. The second kappa shape index (κ2) is 10.7. The molecule has 0 aromatic heterocycles. The first-order valence-electron chi connectivity index (χ1n) is 3.81. The van der Waals surface area contributed by atoms with Crippen LogP contribution in [0.5, 0.6) is 0 Å². The molecule has 0 aliphatic rings. The normalized spacial score (nSPS) is 8.83. The summed E-state index contributed by atoms with van der Waals surface area (Å²) in [7, 11) is 0. The van der Waals surface area contributed by atoms with Crippen molar-refractivity contribution < 1.29 is 0 Å². The minimum absolute atomic E-state index is 0.646. The molecule has 12 heavy (non-hydrogen) atoms. The lowest BCUT2D eigenvalue weighted by atomic mass is 10.6. The van der Waals surface area contributed by atoms with E-state index in [1.807, 2.05) is 23.5 Å². The van der Waals surface area contributed by atoms with Crippen LogP contribution in [-0.4, -0.2) is 23.0 Å². The molecule has 0 fully saturated rings. The molecule has 2 nitrogen and oxygen atoms in total. The van der Waals surface area contributed by atoms with Gasteiger partial charge in [-0.05, 0) is 0 Å². The van der Waals surface area contributed by atoms with E-state index in [1.165, 1.54) is 0 Å². The molecule has 0 rings (SSSR count). The van der Waals surface area contributed by atoms with Crippen molar-refractivity contribution in [3.05, 3.63) is 0 Å². The number of rotatable bonds is 7. The zero-order valence-corrected chi connectivity index (χ0v) is 8.59. The summed E-state index contributed by atoms with van der Waals surface area (Å²) in [5.74, 6) is 4.07. The molecule has 0 saturated carbocycles. The SMILES string of the molecule is N#CCCSCCSCCC#N. The largest absolute Gasteiger partial charge is 0.198 e. The summed E-state index contributed by atoms with van der Waals surface area (Å²) in [6.45, 7) is 0. The van der Waals surface area contributed by atoms with Crippen LogP contribution in [-0.2, 0) is 0 Å². The molecule has 0 aromatic rings. The third-order valence-corrected chi connectivity index (χ3v) is 3.32. The third kappa shape index (κ3) is 9.68. The van der Waals surface area contributed by atoms with E-state index in [-0.39, 0.29) is 0 Å². The quantitative estimate of drug-likeness (QED) is 0.591. The predicted molar refractivity (Wildman–Crippen MR) is 55.1 cm³/mol. The zero-order chi connectivity index (χ0) is 9.07. The lowest BCUT2D eigenvalue weighted by molar-refractivity contribution is 1.23. The molecule has 4 heteroatoms. The van der Waals surface area contributed by atoms with Crippen molar-refractivity contribution in [2.24, 2.45) is 0 Å². The third-order valence-electron chi connectivity index (χ3n) is 1.09. The van der Waals surface area contributed by atoms with Crippen LogP contribution < -0.4 is 0 Å². The Labute approximate surface area is 82.3 Å². The van der Waals surface area contributed by atoms with Gasteiger partial charge in [-0.2, -0.15) is 34.0 Å². The smallest absolute Gasteiger partial charge is 0.0630 e. The van der Waals surface area contributed by atoms with Gasteiger partial charge < -0.3 is 0 Å².